The molecule has 0 radical (unpaired) electrons. The Balaban J connectivity index is 1.93. The van der Waals surface area contributed by atoms with Crippen LogP contribution >= 0.6 is 0 Å². The molecule has 0 bridgehead atoms. The van der Waals surface area contributed by atoms with Crippen molar-refractivity contribution in [2.75, 3.05) is 5.32 Å². The van der Waals surface area contributed by atoms with Crippen LogP contribution in [0.5, 0.6) is 0 Å². The lowest BCUT2D eigenvalue weighted by Gasteiger charge is -2.32. The number of nitrogens with zero attached hydrogens (tertiary/aromatic N) is 3. The Morgan fingerprint density at radius 3 is 2.89 bits per heavy atom. The molecular formula is C13H16N6. The monoisotopic (exact) mass is 256 g/mol. The third-order valence-electron chi connectivity index (χ3n) is 3.08. The van der Waals surface area contributed by atoms with Crippen LogP contribution in [-0.4, -0.2) is 21.2 Å². The van der Waals surface area contributed by atoms with Crippen molar-refractivity contribution in [3.05, 3.63) is 48.0 Å². The molecule has 5 N–H and O–H groups in total. The molecule has 0 fully saturated rings. The normalized spacial score (nSPS) is 21.5. The van der Waals surface area contributed by atoms with Gasteiger partial charge in [-0.1, -0.05) is 12.1 Å². The van der Waals surface area contributed by atoms with Gasteiger partial charge in [-0.15, -0.1) is 0 Å². The first-order valence-electron chi connectivity index (χ1n) is 6.04. The second-order valence-electron chi connectivity index (χ2n) is 4.80. The molecule has 1 aliphatic heterocycles. The fraction of sp³-hybridized carbons (Fsp3) is 0.231. The largest absolute Gasteiger partial charge is 0.383 e. The first-order chi connectivity index (χ1) is 9.06. The molecule has 1 atom stereocenters. The Labute approximate surface area is 111 Å². The van der Waals surface area contributed by atoms with Crippen molar-refractivity contribution >= 4 is 11.5 Å². The molecule has 0 spiro atoms. The third kappa shape index (κ3) is 2.17. The van der Waals surface area contributed by atoms with E-state index in [0.717, 1.165) is 16.9 Å². The Bertz CT molecular complexity index is 644. The first kappa shape index (κ1) is 11.7. The van der Waals surface area contributed by atoms with E-state index in [9.17, 15) is 0 Å². The third-order valence-corrected chi connectivity index (χ3v) is 3.08. The maximum absolute atomic E-state index is 6.28. The van der Waals surface area contributed by atoms with Gasteiger partial charge in [-0.3, -0.25) is 5.73 Å². The number of para-hydroxylation sites is 1. The van der Waals surface area contributed by atoms with Gasteiger partial charge in [0.05, 0.1) is 12.0 Å². The van der Waals surface area contributed by atoms with Crippen LogP contribution in [0.25, 0.3) is 0 Å². The number of hydrogen-bond donors (Lipinski definition) is 3. The molecule has 98 valence electrons. The minimum absolute atomic E-state index is 0.452. The van der Waals surface area contributed by atoms with Crippen molar-refractivity contribution in [3.8, 4) is 0 Å². The minimum Gasteiger partial charge on any atom is -0.383 e. The number of amidine groups is 1. The molecule has 1 aromatic heterocycles. The van der Waals surface area contributed by atoms with E-state index in [4.69, 9.17) is 11.5 Å². The second kappa shape index (κ2) is 4.10. The van der Waals surface area contributed by atoms with Crippen LogP contribution in [0.3, 0.4) is 0 Å². The highest BCUT2D eigenvalue weighted by atomic mass is 15.3. The second-order valence-corrected chi connectivity index (χ2v) is 4.80. The van der Waals surface area contributed by atoms with E-state index in [2.05, 4.69) is 15.3 Å². The van der Waals surface area contributed by atoms with E-state index in [1.54, 1.807) is 6.33 Å². The summed E-state index contributed by atoms with van der Waals surface area (Å²) in [5.74, 6) is -0.500. The van der Waals surface area contributed by atoms with Crippen LogP contribution < -0.4 is 16.8 Å². The zero-order valence-electron chi connectivity index (χ0n) is 10.7. The average molecular weight is 256 g/mol. The van der Waals surface area contributed by atoms with Crippen LogP contribution in [0.1, 0.15) is 11.3 Å². The predicted molar refractivity (Wildman–Crippen MR) is 74.6 cm³/mol. The SMILES string of the molecule is Cn1cnc(CC2(N)N=C(N)c3ccccc3N2)c1. The van der Waals surface area contributed by atoms with Crippen molar-refractivity contribution in [2.45, 2.75) is 12.2 Å². The summed E-state index contributed by atoms with van der Waals surface area (Å²) in [5.41, 5.74) is 14.9. The molecule has 1 aliphatic rings. The number of benzene rings is 1. The maximum Gasteiger partial charge on any atom is 0.190 e. The molecular weight excluding hydrogens is 240 g/mol. The van der Waals surface area contributed by atoms with Crippen LogP contribution in [0.2, 0.25) is 0 Å². The van der Waals surface area contributed by atoms with E-state index in [1.807, 2.05) is 42.1 Å². The van der Waals surface area contributed by atoms with Crippen LogP contribution in [0.4, 0.5) is 5.69 Å². The zero-order valence-corrected chi connectivity index (χ0v) is 10.7. The van der Waals surface area contributed by atoms with Gasteiger partial charge in [0.15, 0.2) is 5.79 Å². The molecule has 6 nitrogen and oxygen atoms in total. The summed E-state index contributed by atoms with van der Waals surface area (Å²) in [6, 6.07) is 7.72. The molecule has 1 aromatic carbocycles. The molecule has 2 aromatic rings. The molecule has 19 heavy (non-hydrogen) atoms. The number of fused-ring (bicyclic) bond motifs is 1. The standard InChI is InChI=1S/C13H16N6/c1-19-7-9(16-8-19)6-13(15)17-11-5-3-2-4-10(11)12(14)18-13/h2-5,7-8,17H,6,15H2,1H3,(H2,14,18). The Kier molecular flexibility index (Phi) is 2.53. The van der Waals surface area contributed by atoms with Gasteiger partial charge < -0.3 is 15.6 Å². The molecule has 3 rings (SSSR count). The highest BCUT2D eigenvalue weighted by Crippen LogP contribution is 2.25. The van der Waals surface area contributed by atoms with Crippen LogP contribution in [0.15, 0.2) is 41.8 Å². The lowest BCUT2D eigenvalue weighted by atomic mass is 10.1. The molecule has 1 unspecified atom stereocenters. The predicted octanol–water partition coefficient (Wildman–Crippen LogP) is 0.406. The Morgan fingerprint density at radius 1 is 1.37 bits per heavy atom. The summed E-state index contributed by atoms with van der Waals surface area (Å²) in [6.07, 6.45) is 4.13. The summed E-state index contributed by atoms with van der Waals surface area (Å²) in [5, 5.41) is 3.22. The Hall–Kier alpha value is -2.34. The van der Waals surface area contributed by atoms with E-state index in [-0.39, 0.29) is 0 Å². The number of aliphatic imine (C=N–C) groups is 1. The van der Waals surface area contributed by atoms with Gasteiger partial charge in [-0.2, -0.15) is 0 Å². The topological polar surface area (TPSA) is 94.2 Å². The Morgan fingerprint density at radius 2 is 2.16 bits per heavy atom. The number of anilines is 1. The first-order valence-corrected chi connectivity index (χ1v) is 6.04. The number of nitrogens with two attached hydrogens (primary N) is 2. The van der Waals surface area contributed by atoms with E-state index < -0.39 is 5.79 Å². The zero-order chi connectivity index (χ0) is 13.5. The molecule has 0 amide bonds. The lowest BCUT2D eigenvalue weighted by molar-refractivity contribution is 0.497. The maximum atomic E-state index is 6.28. The molecule has 0 saturated heterocycles. The summed E-state index contributed by atoms with van der Waals surface area (Å²) in [4.78, 5) is 8.64. The van der Waals surface area contributed by atoms with Crippen molar-refractivity contribution in [1.29, 1.82) is 0 Å². The van der Waals surface area contributed by atoms with Gasteiger partial charge >= 0.3 is 0 Å². The van der Waals surface area contributed by atoms with Gasteiger partial charge in [0, 0.05) is 30.9 Å². The van der Waals surface area contributed by atoms with E-state index >= 15 is 0 Å². The number of aryl methyl sites for hydroxylation is 1. The summed E-state index contributed by atoms with van der Waals surface area (Å²) in [7, 11) is 1.92. The average Bonchev–Trinajstić information content (AvgIpc) is 2.73. The van der Waals surface area contributed by atoms with Crippen molar-refractivity contribution < 1.29 is 0 Å². The molecule has 2 heterocycles. The van der Waals surface area contributed by atoms with Gasteiger partial charge in [-0.05, 0) is 12.1 Å². The molecule has 6 heteroatoms. The van der Waals surface area contributed by atoms with E-state index in [0.29, 0.717) is 12.3 Å². The van der Waals surface area contributed by atoms with Gasteiger partial charge in [0.25, 0.3) is 0 Å². The number of aromatic nitrogens is 2. The van der Waals surface area contributed by atoms with Crippen LogP contribution in [-0.2, 0) is 13.5 Å². The molecule has 0 saturated carbocycles. The number of nitrogens with one attached hydrogen (secondary N) is 1. The quantitative estimate of drug-likeness (QED) is 0.725. The van der Waals surface area contributed by atoms with Crippen molar-refractivity contribution in [3.63, 3.8) is 0 Å². The smallest absolute Gasteiger partial charge is 0.190 e. The van der Waals surface area contributed by atoms with E-state index in [1.165, 1.54) is 0 Å². The number of hydrogen-bond acceptors (Lipinski definition) is 5. The number of imidazole rings is 1. The van der Waals surface area contributed by atoms with Gasteiger partial charge in [0.2, 0.25) is 0 Å². The van der Waals surface area contributed by atoms with Gasteiger partial charge in [-0.25, -0.2) is 9.98 Å². The highest BCUT2D eigenvalue weighted by Gasteiger charge is 2.30. The van der Waals surface area contributed by atoms with Crippen molar-refractivity contribution in [2.24, 2.45) is 23.5 Å². The number of rotatable bonds is 2. The van der Waals surface area contributed by atoms with Crippen molar-refractivity contribution in [1.82, 2.24) is 9.55 Å². The fourth-order valence-electron chi connectivity index (χ4n) is 2.27. The minimum atomic E-state index is -0.952. The fourth-order valence-corrected chi connectivity index (χ4v) is 2.27. The molecule has 0 aliphatic carbocycles. The summed E-state index contributed by atoms with van der Waals surface area (Å²) >= 11 is 0. The summed E-state index contributed by atoms with van der Waals surface area (Å²) < 4.78 is 1.88. The lowest BCUT2D eigenvalue weighted by Crippen LogP contribution is -2.52. The van der Waals surface area contributed by atoms with Gasteiger partial charge in [0.1, 0.15) is 5.84 Å². The highest BCUT2D eigenvalue weighted by molar-refractivity contribution is 6.04. The summed E-state index contributed by atoms with van der Waals surface area (Å²) in [6.45, 7) is 0. The van der Waals surface area contributed by atoms with Crippen LogP contribution in [0, 0.1) is 0 Å².